The molecule has 0 bridgehead atoms. The van der Waals surface area contributed by atoms with E-state index < -0.39 is 11.7 Å². The number of aromatic nitrogens is 4. The lowest BCUT2D eigenvalue weighted by Crippen LogP contribution is -2.11. The van der Waals surface area contributed by atoms with Gasteiger partial charge >= 0.3 is 6.18 Å². The average molecular weight is 376 g/mol. The Labute approximate surface area is 152 Å². The number of rotatable bonds is 5. The van der Waals surface area contributed by atoms with Gasteiger partial charge in [-0.3, -0.25) is 0 Å². The molecule has 0 aliphatic carbocycles. The van der Waals surface area contributed by atoms with Crippen LogP contribution in [0.25, 0.3) is 22.3 Å². The maximum Gasteiger partial charge on any atom is 0.419 e. The summed E-state index contributed by atoms with van der Waals surface area (Å²) in [7, 11) is 1.62. The number of hydrogen-bond acceptors (Lipinski definition) is 6. The highest BCUT2D eigenvalue weighted by molar-refractivity contribution is 5.83. The largest absolute Gasteiger partial charge is 0.493 e. The van der Waals surface area contributed by atoms with Gasteiger partial charge in [-0.25, -0.2) is 9.67 Å². The average Bonchev–Trinajstić information content (AvgIpc) is 3.01. The van der Waals surface area contributed by atoms with Crippen LogP contribution in [0, 0.1) is 11.3 Å². The number of pyridine rings is 1. The quantitative estimate of drug-likeness (QED) is 0.687. The van der Waals surface area contributed by atoms with E-state index in [9.17, 15) is 18.4 Å². The smallest absolute Gasteiger partial charge is 0.419 e. The van der Waals surface area contributed by atoms with Gasteiger partial charge in [0.25, 0.3) is 0 Å². The van der Waals surface area contributed by atoms with Crippen LogP contribution in [0.3, 0.4) is 0 Å². The van der Waals surface area contributed by atoms with Crippen LogP contribution in [0.4, 0.5) is 13.2 Å². The summed E-state index contributed by atoms with van der Waals surface area (Å²) in [6, 6.07) is 7.10. The van der Waals surface area contributed by atoms with Gasteiger partial charge in [0.1, 0.15) is 17.3 Å². The van der Waals surface area contributed by atoms with Crippen LogP contribution in [-0.2, 0) is 13.2 Å². The molecule has 0 aliphatic heterocycles. The fourth-order valence-electron chi connectivity index (χ4n) is 2.56. The second-order valence-electron chi connectivity index (χ2n) is 5.75. The molecule has 0 amide bonds. The monoisotopic (exact) mass is 376 g/mol. The lowest BCUT2D eigenvalue weighted by atomic mass is 10.1. The minimum Gasteiger partial charge on any atom is -0.493 e. The van der Waals surface area contributed by atoms with E-state index in [-0.39, 0.29) is 29.3 Å². The molecule has 0 unspecified atom stereocenters. The predicted molar refractivity (Wildman–Crippen MR) is 90.6 cm³/mol. The Kier molecular flexibility index (Phi) is 4.96. The number of hydrogen-bond donors (Lipinski definition) is 1. The van der Waals surface area contributed by atoms with Gasteiger partial charge in [0.15, 0.2) is 5.69 Å². The zero-order valence-corrected chi connectivity index (χ0v) is 14.3. The van der Waals surface area contributed by atoms with Gasteiger partial charge in [-0.2, -0.15) is 18.4 Å². The number of halogens is 3. The molecule has 0 aliphatic rings. The Hall–Kier alpha value is -3.19. The second-order valence-corrected chi connectivity index (χ2v) is 5.75. The highest BCUT2D eigenvalue weighted by Gasteiger charge is 2.35. The second kappa shape index (κ2) is 7.20. The summed E-state index contributed by atoms with van der Waals surface area (Å²) >= 11 is 0. The molecule has 3 aromatic rings. The lowest BCUT2D eigenvalue weighted by Gasteiger charge is -2.15. The molecule has 2 heterocycles. The molecular weight excluding hydrogens is 361 g/mol. The number of nitriles is 1. The van der Waals surface area contributed by atoms with E-state index >= 15 is 0 Å². The first-order valence-corrected chi connectivity index (χ1v) is 8.00. The zero-order chi connectivity index (χ0) is 19.6. The molecule has 0 atom stereocenters. The standard InChI is InChI=1S/C17H15F3N6O/c1-26-14-8-12(23-13(9-22)16(14)24-25-26)10-3-4-15(27-6-2-5-21)11(7-10)17(18,19)20/h3-4,7-8H,2,5-6,21H2,1H3. The number of fused-ring (bicyclic) bond motifs is 1. The van der Waals surface area contributed by atoms with Crippen molar-refractivity contribution in [2.24, 2.45) is 12.8 Å². The van der Waals surface area contributed by atoms with Gasteiger partial charge in [-0.1, -0.05) is 5.21 Å². The molecule has 7 nitrogen and oxygen atoms in total. The normalized spacial score (nSPS) is 11.6. The third kappa shape index (κ3) is 3.68. The molecule has 0 saturated heterocycles. The van der Waals surface area contributed by atoms with Crippen LogP contribution in [0.5, 0.6) is 5.75 Å². The minimum absolute atomic E-state index is 0.00701. The van der Waals surface area contributed by atoms with Crippen molar-refractivity contribution in [1.29, 1.82) is 5.26 Å². The topological polar surface area (TPSA) is 103 Å². The van der Waals surface area contributed by atoms with E-state index in [0.29, 0.717) is 24.0 Å². The fourth-order valence-corrected chi connectivity index (χ4v) is 2.56. The zero-order valence-electron chi connectivity index (χ0n) is 14.3. The van der Waals surface area contributed by atoms with E-state index in [4.69, 9.17) is 10.5 Å². The number of nitrogens with zero attached hydrogens (tertiary/aromatic N) is 5. The van der Waals surface area contributed by atoms with Crippen molar-refractivity contribution in [3.8, 4) is 23.1 Å². The Morgan fingerprint density at radius 2 is 2.07 bits per heavy atom. The van der Waals surface area contributed by atoms with Gasteiger partial charge in [0, 0.05) is 12.6 Å². The fraction of sp³-hybridized carbons (Fsp3) is 0.294. The predicted octanol–water partition coefficient (Wildman–Crippen LogP) is 2.65. The van der Waals surface area contributed by atoms with Gasteiger partial charge in [-0.05, 0) is 37.2 Å². The maximum atomic E-state index is 13.5. The van der Waals surface area contributed by atoms with Crippen LogP contribution in [0.15, 0.2) is 24.3 Å². The van der Waals surface area contributed by atoms with E-state index in [1.807, 2.05) is 6.07 Å². The molecule has 0 saturated carbocycles. The molecule has 0 fully saturated rings. The summed E-state index contributed by atoms with van der Waals surface area (Å²) in [6.45, 7) is 0.404. The molecule has 140 valence electrons. The molecule has 10 heteroatoms. The van der Waals surface area contributed by atoms with E-state index in [0.717, 1.165) is 6.07 Å². The van der Waals surface area contributed by atoms with Crippen molar-refractivity contribution in [2.75, 3.05) is 13.2 Å². The van der Waals surface area contributed by atoms with Crippen LogP contribution in [0.1, 0.15) is 17.7 Å². The van der Waals surface area contributed by atoms with Gasteiger partial charge < -0.3 is 10.5 Å². The van der Waals surface area contributed by atoms with Crippen molar-refractivity contribution in [3.63, 3.8) is 0 Å². The summed E-state index contributed by atoms with van der Waals surface area (Å²) in [5.74, 6) is -0.275. The molecule has 2 N–H and O–H groups in total. The highest BCUT2D eigenvalue weighted by atomic mass is 19.4. The Morgan fingerprint density at radius 3 is 2.74 bits per heavy atom. The first-order valence-electron chi connectivity index (χ1n) is 8.00. The summed E-state index contributed by atoms with van der Waals surface area (Å²) in [5, 5.41) is 16.9. The molecule has 0 radical (unpaired) electrons. The van der Waals surface area contributed by atoms with Gasteiger partial charge in [0.2, 0.25) is 0 Å². The third-order valence-electron chi connectivity index (χ3n) is 3.89. The van der Waals surface area contributed by atoms with Crippen molar-refractivity contribution in [2.45, 2.75) is 12.6 Å². The third-order valence-corrected chi connectivity index (χ3v) is 3.89. The van der Waals surface area contributed by atoms with Crippen molar-refractivity contribution < 1.29 is 17.9 Å². The molecule has 3 rings (SSSR count). The van der Waals surface area contributed by atoms with E-state index in [1.54, 1.807) is 13.1 Å². The Morgan fingerprint density at radius 1 is 1.30 bits per heavy atom. The van der Waals surface area contributed by atoms with Crippen LogP contribution in [-0.4, -0.2) is 33.1 Å². The summed E-state index contributed by atoms with van der Waals surface area (Å²) in [6.07, 6.45) is -4.17. The highest BCUT2D eigenvalue weighted by Crippen LogP contribution is 2.39. The van der Waals surface area contributed by atoms with Crippen LogP contribution in [0.2, 0.25) is 0 Å². The Balaban J connectivity index is 2.11. The van der Waals surface area contributed by atoms with E-state index in [2.05, 4.69) is 15.3 Å². The molecular formula is C17H15F3N6O. The number of nitrogens with two attached hydrogens (primary N) is 1. The molecule has 1 aromatic carbocycles. The number of ether oxygens (including phenoxy) is 1. The van der Waals surface area contributed by atoms with Crippen molar-refractivity contribution >= 4 is 11.0 Å². The lowest BCUT2D eigenvalue weighted by molar-refractivity contribution is -0.138. The first-order chi connectivity index (χ1) is 12.8. The summed E-state index contributed by atoms with van der Waals surface area (Å²) in [5.41, 5.74) is 5.62. The van der Waals surface area contributed by atoms with Crippen molar-refractivity contribution in [1.82, 2.24) is 20.0 Å². The number of alkyl halides is 3. The number of aryl methyl sites for hydroxylation is 1. The molecule has 27 heavy (non-hydrogen) atoms. The number of benzene rings is 1. The summed E-state index contributed by atoms with van der Waals surface area (Å²) in [4.78, 5) is 4.13. The molecule has 2 aromatic heterocycles. The maximum absolute atomic E-state index is 13.5. The summed E-state index contributed by atoms with van der Waals surface area (Å²) < 4.78 is 47.0. The van der Waals surface area contributed by atoms with E-state index in [1.165, 1.54) is 16.8 Å². The Bertz CT molecular complexity index is 1020. The minimum atomic E-state index is -4.61. The molecule has 0 spiro atoms. The van der Waals surface area contributed by atoms with Crippen LogP contribution < -0.4 is 10.5 Å². The van der Waals surface area contributed by atoms with Crippen LogP contribution >= 0.6 is 0 Å². The van der Waals surface area contributed by atoms with Gasteiger partial charge in [0.05, 0.1) is 23.4 Å². The SMILES string of the molecule is Cn1nnc2c(C#N)nc(-c3ccc(OCCCN)c(C(F)(F)F)c3)cc21. The van der Waals surface area contributed by atoms with Gasteiger partial charge in [-0.15, -0.1) is 5.10 Å². The van der Waals surface area contributed by atoms with Crippen molar-refractivity contribution in [3.05, 3.63) is 35.5 Å². The first kappa shape index (κ1) is 18.6.